The SMILES string of the molecule is O=C(c1csc(Br)c1)C1CCc2cccnc21. The number of halogens is 1. The Morgan fingerprint density at radius 3 is 3.18 bits per heavy atom. The van der Waals surface area contributed by atoms with Crippen molar-refractivity contribution in [3.8, 4) is 0 Å². The second kappa shape index (κ2) is 4.35. The molecule has 2 nitrogen and oxygen atoms in total. The predicted octanol–water partition coefficient (Wildman–Crippen LogP) is 3.82. The average molecular weight is 308 g/mol. The first kappa shape index (κ1) is 11.1. The number of thiophene rings is 1. The number of hydrogen-bond donors (Lipinski definition) is 0. The Hall–Kier alpha value is -1.00. The summed E-state index contributed by atoms with van der Waals surface area (Å²) in [5.41, 5.74) is 2.99. The number of hydrogen-bond acceptors (Lipinski definition) is 3. The van der Waals surface area contributed by atoms with Crippen LogP contribution in [-0.4, -0.2) is 10.8 Å². The van der Waals surface area contributed by atoms with Gasteiger partial charge >= 0.3 is 0 Å². The second-order valence-corrected chi connectivity index (χ2v) is 6.43. The fraction of sp³-hybridized carbons (Fsp3) is 0.231. The monoisotopic (exact) mass is 307 g/mol. The minimum Gasteiger partial charge on any atom is -0.293 e. The van der Waals surface area contributed by atoms with Crippen molar-refractivity contribution in [1.29, 1.82) is 0 Å². The largest absolute Gasteiger partial charge is 0.293 e. The standard InChI is InChI=1S/C13H10BrNOS/c14-11-6-9(7-17-11)13(16)10-4-3-8-2-1-5-15-12(8)10/h1-2,5-7,10H,3-4H2. The van der Waals surface area contributed by atoms with Crippen molar-refractivity contribution < 1.29 is 4.79 Å². The molecular formula is C13H10BrNOS. The number of pyridine rings is 1. The van der Waals surface area contributed by atoms with Gasteiger partial charge in [-0.15, -0.1) is 11.3 Å². The van der Waals surface area contributed by atoms with Crippen molar-refractivity contribution in [3.05, 3.63) is 50.4 Å². The molecule has 0 spiro atoms. The van der Waals surface area contributed by atoms with E-state index < -0.39 is 0 Å². The van der Waals surface area contributed by atoms with Crippen molar-refractivity contribution in [3.63, 3.8) is 0 Å². The van der Waals surface area contributed by atoms with Crippen LogP contribution in [0.4, 0.5) is 0 Å². The van der Waals surface area contributed by atoms with Gasteiger partial charge in [-0.05, 0) is 46.5 Å². The molecule has 0 amide bonds. The first-order valence-corrected chi connectivity index (χ1v) is 7.15. The molecule has 0 fully saturated rings. The van der Waals surface area contributed by atoms with Crippen LogP contribution in [0.25, 0.3) is 0 Å². The number of carbonyl (C=O) groups excluding carboxylic acids is 1. The van der Waals surface area contributed by atoms with Gasteiger partial charge in [0.15, 0.2) is 5.78 Å². The Balaban J connectivity index is 1.95. The summed E-state index contributed by atoms with van der Waals surface area (Å²) in [6, 6.07) is 5.90. The fourth-order valence-corrected chi connectivity index (χ4v) is 3.45. The number of fused-ring (bicyclic) bond motifs is 1. The van der Waals surface area contributed by atoms with Crippen LogP contribution in [-0.2, 0) is 6.42 Å². The number of Topliss-reactive ketones (excluding diaryl/α,β-unsaturated/α-hetero) is 1. The Morgan fingerprint density at radius 1 is 1.53 bits per heavy atom. The van der Waals surface area contributed by atoms with Gasteiger partial charge in [0.1, 0.15) is 0 Å². The van der Waals surface area contributed by atoms with E-state index in [4.69, 9.17) is 0 Å². The summed E-state index contributed by atoms with van der Waals surface area (Å²) in [5, 5.41) is 1.91. The van der Waals surface area contributed by atoms with E-state index in [-0.39, 0.29) is 11.7 Å². The molecular weight excluding hydrogens is 298 g/mol. The van der Waals surface area contributed by atoms with Crippen molar-refractivity contribution >= 4 is 33.0 Å². The second-order valence-electron chi connectivity index (χ2n) is 4.14. The van der Waals surface area contributed by atoms with Gasteiger partial charge in [0.25, 0.3) is 0 Å². The van der Waals surface area contributed by atoms with E-state index in [1.807, 2.05) is 17.5 Å². The van der Waals surface area contributed by atoms with Gasteiger partial charge in [0, 0.05) is 17.1 Å². The van der Waals surface area contributed by atoms with Crippen LogP contribution in [0.3, 0.4) is 0 Å². The molecule has 4 heteroatoms. The summed E-state index contributed by atoms with van der Waals surface area (Å²) in [4.78, 5) is 16.7. The smallest absolute Gasteiger partial charge is 0.172 e. The molecule has 2 aromatic heterocycles. The summed E-state index contributed by atoms with van der Waals surface area (Å²) in [6.45, 7) is 0. The molecule has 2 aromatic rings. The molecule has 1 atom stereocenters. The topological polar surface area (TPSA) is 30.0 Å². The zero-order valence-electron chi connectivity index (χ0n) is 9.02. The molecule has 17 heavy (non-hydrogen) atoms. The quantitative estimate of drug-likeness (QED) is 0.790. The lowest BCUT2D eigenvalue weighted by Crippen LogP contribution is -2.10. The maximum Gasteiger partial charge on any atom is 0.172 e. The van der Waals surface area contributed by atoms with E-state index in [1.54, 1.807) is 17.5 Å². The van der Waals surface area contributed by atoms with Gasteiger partial charge in [-0.2, -0.15) is 0 Å². The highest BCUT2D eigenvalue weighted by molar-refractivity contribution is 9.11. The first-order chi connectivity index (χ1) is 8.25. The van der Waals surface area contributed by atoms with Gasteiger partial charge in [-0.25, -0.2) is 0 Å². The summed E-state index contributed by atoms with van der Waals surface area (Å²) < 4.78 is 1.00. The van der Waals surface area contributed by atoms with E-state index in [1.165, 1.54) is 5.56 Å². The average Bonchev–Trinajstić information content (AvgIpc) is 2.94. The lowest BCUT2D eigenvalue weighted by Gasteiger charge is -2.07. The third-order valence-corrected chi connectivity index (χ3v) is 4.63. The lowest BCUT2D eigenvalue weighted by molar-refractivity contribution is 0.0958. The molecule has 86 valence electrons. The van der Waals surface area contributed by atoms with Gasteiger partial charge in [0.05, 0.1) is 15.4 Å². The van der Waals surface area contributed by atoms with E-state index in [0.717, 1.165) is 27.9 Å². The summed E-state index contributed by atoms with van der Waals surface area (Å²) in [7, 11) is 0. The molecule has 0 aromatic carbocycles. The number of carbonyl (C=O) groups is 1. The van der Waals surface area contributed by atoms with Crippen LogP contribution < -0.4 is 0 Å². The van der Waals surface area contributed by atoms with Crippen LogP contribution in [0.5, 0.6) is 0 Å². The van der Waals surface area contributed by atoms with Crippen LogP contribution in [0.2, 0.25) is 0 Å². The molecule has 1 aliphatic carbocycles. The van der Waals surface area contributed by atoms with E-state index in [2.05, 4.69) is 27.0 Å². The van der Waals surface area contributed by atoms with Crippen LogP contribution in [0.1, 0.15) is 34.0 Å². The van der Waals surface area contributed by atoms with E-state index in [0.29, 0.717) is 0 Å². The maximum atomic E-state index is 12.4. The van der Waals surface area contributed by atoms with Crippen molar-refractivity contribution in [2.45, 2.75) is 18.8 Å². The highest BCUT2D eigenvalue weighted by Gasteiger charge is 2.30. The molecule has 0 saturated carbocycles. The minimum atomic E-state index is -0.0484. The third-order valence-electron chi connectivity index (χ3n) is 3.13. The molecule has 0 bridgehead atoms. The zero-order chi connectivity index (χ0) is 11.8. The Bertz CT molecular complexity index is 578. The fourth-order valence-electron chi connectivity index (χ4n) is 2.31. The lowest BCUT2D eigenvalue weighted by atomic mass is 9.97. The van der Waals surface area contributed by atoms with Crippen LogP contribution >= 0.6 is 27.3 Å². The van der Waals surface area contributed by atoms with Crippen molar-refractivity contribution in [2.24, 2.45) is 0 Å². The summed E-state index contributed by atoms with van der Waals surface area (Å²) in [5.74, 6) is 0.150. The zero-order valence-corrected chi connectivity index (χ0v) is 11.4. The highest BCUT2D eigenvalue weighted by Crippen LogP contribution is 2.35. The predicted molar refractivity (Wildman–Crippen MR) is 71.6 cm³/mol. The number of nitrogens with zero attached hydrogens (tertiary/aromatic N) is 1. The van der Waals surface area contributed by atoms with Crippen molar-refractivity contribution in [2.75, 3.05) is 0 Å². The molecule has 3 rings (SSSR count). The number of aromatic nitrogens is 1. The van der Waals surface area contributed by atoms with Gasteiger partial charge < -0.3 is 0 Å². The highest BCUT2D eigenvalue weighted by atomic mass is 79.9. The summed E-state index contributed by atoms with van der Waals surface area (Å²) in [6.07, 6.45) is 3.62. The Labute approximate surface area is 112 Å². The van der Waals surface area contributed by atoms with Crippen molar-refractivity contribution in [1.82, 2.24) is 4.98 Å². The normalized spacial score (nSPS) is 18.1. The van der Waals surface area contributed by atoms with E-state index in [9.17, 15) is 4.79 Å². The van der Waals surface area contributed by atoms with Crippen LogP contribution in [0.15, 0.2) is 33.6 Å². The molecule has 0 radical (unpaired) electrons. The number of rotatable bonds is 2. The molecule has 2 heterocycles. The Kier molecular flexibility index (Phi) is 2.84. The molecule has 1 aliphatic rings. The molecule has 0 saturated heterocycles. The van der Waals surface area contributed by atoms with Gasteiger partial charge in [-0.1, -0.05) is 6.07 Å². The third kappa shape index (κ3) is 1.96. The Morgan fingerprint density at radius 2 is 2.41 bits per heavy atom. The number of ketones is 1. The molecule has 1 unspecified atom stereocenters. The summed E-state index contributed by atoms with van der Waals surface area (Å²) >= 11 is 4.94. The first-order valence-electron chi connectivity index (χ1n) is 5.48. The maximum absolute atomic E-state index is 12.4. The van der Waals surface area contributed by atoms with Gasteiger partial charge in [-0.3, -0.25) is 9.78 Å². The minimum absolute atomic E-state index is 0.0484. The molecule has 0 N–H and O–H groups in total. The van der Waals surface area contributed by atoms with E-state index >= 15 is 0 Å². The number of aryl methyl sites for hydroxylation is 1. The molecule has 0 aliphatic heterocycles. The van der Waals surface area contributed by atoms with Crippen LogP contribution in [0, 0.1) is 0 Å². The van der Waals surface area contributed by atoms with Gasteiger partial charge in [0.2, 0.25) is 0 Å².